The molecule has 1 rings (SSSR count). The molecular weight excluding hydrogens is 238 g/mol. The van der Waals surface area contributed by atoms with Gasteiger partial charge in [0.15, 0.2) is 0 Å². The van der Waals surface area contributed by atoms with E-state index in [-0.39, 0.29) is 0 Å². The molecule has 0 bridgehead atoms. The second-order valence-electron chi connectivity index (χ2n) is 5.19. The fourth-order valence-corrected chi connectivity index (χ4v) is 2.18. The molecule has 0 saturated carbocycles. The number of hydrogen-bond donors (Lipinski definition) is 1. The van der Waals surface area contributed by atoms with E-state index in [2.05, 4.69) is 28.7 Å². The van der Waals surface area contributed by atoms with Crippen LogP contribution in [0.4, 0.5) is 5.95 Å². The summed E-state index contributed by atoms with van der Waals surface area (Å²) in [6, 6.07) is 0.487. The second kappa shape index (κ2) is 9.84. The minimum absolute atomic E-state index is 0.487. The summed E-state index contributed by atoms with van der Waals surface area (Å²) < 4.78 is 7.25. The van der Waals surface area contributed by atoms with Crippen molar-refractivity contribution in [2.24, 2.45) is 0 Å². The van der Waals surface area contributed by atoms with Crippen LogP contribution >= 0.6 is 0 Å². The molecular formula is C15H29N3O. The van der Waals surface area contributed by atoms with Crippen molar-refractivity contribution in [3.63, 3.8) is 0 Å². The fourth-order valence-electron chi connectivity index (χ4n) is 2.18. The minimum atomic E-state index is 0.487. The van der Waals surface area contributed by atoms with E-state index < -0.39 is 0 Å². The predicted molar refractivity (Wildman–Crippen MR) is 80.6 cm³/mol. The molecule has 1 heterocycles. The van der Waals surface area contributed by atoms with Crippen molar-refractivity contribution in [1.82, 2.24) is 9.55 Å². The molecule has 1 aromatic heterocycles. The summed E-state index contributed by atoms with van der Waals surface area (Å²) in [4.78, 5) is 4.39. The molecule has 0 spiro atoms. The zero-order chi connectivity index (χ0) is 13.9. The van der Waals surface area contributed by atoms with Gasteiger partial charge in [0.05, 0.1) is 0 Å². The molecule has 0 radical (unpaired) electrons. The van der Waals surface area contributed by atoms with E-state index in [1.807, 2.05) is 12.4 Å². The normalized spacial score (nSPS) is 12.6. The number of imidazole rings is 1. The maximum atomic E-state index is 5.08. The summed E-state index contributed by atoms with van der Waals surface area (Å²) >= 11 is 0. The number of methoxy groups -OCH3 is 1. The quantitative estimate of drug-likeness (QED) is 0.621. The van der Waals surface area contributed by atoms with E-state index in [0.717, 1.165) is 25.5 Å². The average Bonchev–Trinajstić information content (AvgIpc) is 2.82. The molecule has 19 heavy (non-hydrogen) atoms. The molecule has 1 atom stereocenters. The third-order valence-corrected chi connectivity index (χ3v) is 3.33. The smallest absolute Gasteiger partial charge is 0.202 e. The highest BCUT2D eigenvalue weighted by Crippen LogP contribution is 2.11. The monoisotopic (exact) mass is 267 g/mol. The van der Waals surface area contributed by atoms with Crippen LogP contribution in [0.2, 0.25) is 0 Å². The first-order chi connectivity index (χ1) is 9.27. The van der Waals surface area contributed by atoms with Crippen LogP contribution in [0.15, 0.2) is 12.4 Å². The van der Waals surface area contributed by atoms with Crippen LogP contribution in [0, 0.1) is 0 Å². The summed E-state index contributed by atoms with van der Waals surface area (Å²) in [6.45, 7) is 6.24. The number of ether oxygens (including phenoxy) is 1. The molecule has 0 amide bonds. The third-order valence-electron chi connectivity index (χ3n) is 3.33. The Labute approximate surface area is 117 Å². The molecule has 0 aliphatic rings. The summed E-state index contributed by atoms with van der Waals surface area (Å²) in [7, 11) is 1.74. The molecule has 0 saturated heterocycles. The highest BCUT2D eigenvalue weighted by Gasteiger charge is 2.06. The van der Waals surface area contributed by atoms with Crippen molar-refractivity contribution >= 4 is 5.95 Å². The summed E-state index contributed by atoms with van der Waals surface area (Å²) in [6.07, 6.45) is 11.4. The molecule has 1 N–H and O–H groups in total. The van der Waals surface area contributed by atoms with Gasteiger partial charge in [0.2, 0.25) is 5.95 Å². The van der Waals surface area contributed by atoms with Gasteiger partial charge in [-0.25, -0.2) is 4.98 Å². The Morgan fingerprint density at radius 1 is 1.32 bits per heavy atom. The fraction of sp³-hybridized carbons (Fsp3) is 0.800. The lowest BCUT2D eigenvalue weighted by Crippen LogP contribution is -2.18. The van der Waals surface area contributed by atoms with Gasteiger partial charge >= 0.3 is 0 Å². The highest BCUT2D eigenvalue weighted by atomic mass is 16.5. The Morgan fingerprint density at radius 2 is 2.16 bits per heavy atom. The number of nitrogens with one attached hydrogen (secondary N) is 1. The van der Waals surface area contributed by atoms with Crippen LogP contribution < -0.4 is 5.32 Å². The number of aromatic nitrogens is 2. The van der Waals surface area contributed by atoms with Crippen LogP contribution in [0.1, 0.15) is 52.4 Å². The molecule has 1 aromatic rings. The number of anilines is 1. The summed E-state index contributed by atoms with van der Waals surface area (Å²) in [5.41, 5.74) is 0. The highest BCUT2D eigenvalue weighted by molar-refractivity contribution is 5.27. The molecule has 0 fully saturated rings. The van der Waals surface area contributed by atoms with Gasteiger partial charge in [-0.1, -0.05) is 32.6 Å². The molecule has 0 aliphatic heterocycles. The Balaban J connectivity index is 2.28. The predicted octanol–water partition coefficient (Wildman–Crippen LogP) is 3.69. The van der Waals surface area contributed by atoms with Crippen molar-refractivity contribution in [3.05, 3.63) is 12.4 Å². The number of hydrogen-bond acceptors (Lipinski definition) is 3. The number of aryl methyl sites for hydroxylation is 1. The van der Waals surface area contributed by atoms with Gasteiger partial charge in [0, 0.05) is 38.7 Å². The first kappa shape index (κ1) is 16.0. The van der Waals surface area contributed by atoms with Gasteiger partial charge in [0.25, 0.3) is 0 Å². The van der Waals surface area contributed by atoms with E-state index in [9.17, 15) is 0 Å². The van der Waals surface area contributed by atoms with E-state index in [1.165, 1.54) is 32.1 Å². The van der Waals surface area contributed by atoms with Gasteiger partial charge in [0.1, 0.15) is 0 Å². The van der Waals surface area contributed by atoms with Crippen LogP contribution in [-0.4, -0.2) is 29.3 Å². The Bertz CT molecular complexity index is 325. The topological polar surface area (TPSA) is 39.1 Å². The Hall–Kier alpha value is -1.03. The number of nitrogens with zero attached hydrogens (tertiary/aromatic N) is 2. The van der Waals surface area contributed by atoms with Gasteiger partial charge in [-0.05, 0) is 19.8 Å². The van der Waals surface area contributed by atoms with Crippen LogP contribution in [0.25, 0.3) is 0 Å². The van der Waals surface area contributed by atoms with Gasteiger partial charge in [-0.3, -0.25) is 0 Å². The van der Waals surface area contributed by atoms with Crippen LogP contribution in [0.3, 0.4) is 0 Å². The van der Waals surface area contributed by atoms with E-state index >= 15 is 0 Å². The van der Waals surface area contributed by atoms with Crippen molar-refractivity contribution in [2.45, 2.75) is 65.0 Å². The van der Waals surface area contributed by atoms with Crippen molar-refractivity contribution in [3.8, 4) is 0 Å². The standard InChI is InChI=1S/C15H29N3O/c1-4-5-6-7-9-14(2)17-15-16-10-12-18(15)11-8-13-19-3/h10,12,14H,4-9,11,13H2,1-3H3,(H,16,17). The zero-order valence-corrected chi connectivity index (χ0v) is 12.7. The number of rotatable bonds is 11. The van der Waals surface area contributed by atoms with E-state index in [1.54, 1.807) is 7.11 Å². The molecule has 0 aliphatic carbocycles. The van der Waals surface area contributed by atoms with Crippen molar-refractivity contribution < 1.29 is 4.74 Å². The zero-order valence-electron chi connectivity index (χ0n) is 12.7. The summed E-state index contributed by atoms with van der Waals surface area (Å²) in [5, 5.41) is 3.51. The Kier molecular flexibility index (Phi) is 8.30. The van der Waals surface area contributed by atoms with Gasteiger partial charge in [-0.2, -0.15) is 0 Å². The number of unbranched alkanes of at least 4 members (excludes halogenated alkanes) is 3. The van der Waals surface area contributed by atoms with Crippen LogP contribution in [0.5, 0.6) is 0 Å². The van der Waals surface area contributed by atoms with Crippen molar-refractivity contribution in [1.29, 1.82) is 0 Å². The lowest BCUT2D eigenvalue weighted by atomic mass is 10.1. The first-order valence-electron chi connectivity index (χ1n) is 7.54. The molecule has 0 aromatic carbocycles. The summed E-state index contributed by atoms with van der Waals surface area (Å²) in [5.74, 6) is 0.985. The van der Waals surface area contributed by atoms with E-state index in [0.29, 0.717) is 6.04 Å². The Morgan fingerprint density at radius 3 is 2.89 bits per heavy atom. The first-order valence-corrected chi connectivity index (χ1v) is 7.54. The van der Waals surface area contributed by atoms with Gasteiger partial charge < -0.3 is 14.6 Å². The maximum Gasteiger partial charge on any atom is 0.202 e. The third kappa shape index (κ3) is 6.62. The SMILES string of the molecule is CCCCCCC(C)Nc1nccn1CCCOC. The van der Waals surface area contributed by atoms with E-state index in [4.69, 9.17) is 4.74 Å². The lowest BCUT2D eigenvalue weighted by molar-refractivity contribution is 0.190. The largest absolute Gasteiger partial charge is 0.385 e. The second-order valence-corrected chi connectivity index (χ2v) is 5.19. The molecule has 4 nitrogen and oxygen atoms in total. The molecule has 110 valence electrons. The van der Waals surface area contributed by atoms with Crippen molar-refractivity contribution in [2.75, 3.05) is 19.0 Å². The molecule has 1 unspecified atom stereocenters. The minimum Gasteiger partial charge on any atom is -0.385 e. The van der Waals surface area contributed by atoms with Gasteiger partial charge in [-0.15, -0.1) is 0 Å². The van der Waals surface area contributed by atoms with Crippen LogP contribution in [-0.2, 0) is 11.3 Å². The maximum absolute atomic E-state index is 5.08. The molecule has 4 heteroatoms. The lowest BCUT2D eigenvalue weighted by Gasteiger charge is -2.16. The average molecular weight is 267 g/mol.